The molecule has 31 heavy (non-hydrogen) atoms. The molecular formula is C23H27N7O. The maximum Gasteiger partial charge on any atom is 0.231 e. The van der Waals surface area contributed by atoms with Gasteiger partial charge in [0.1, 0.15) is 11.3 Å². The molecule has 1 aromatic carbocycles. The minimum atomic E-state index is 0.428. The van der Waals surface area contributed by atoms with Gasteiger partial charge in [0.2, 0.25) is 5.95 Å². The lowest BCUT2D eigenvalue weighted by molar-refractivity contribution is 0.416. The highest BCUT2D eigenvalue weighted by Crippen LogP contribution is 2.32. The van der Waals surface area contributed by atoms with Crippen LogP contribution in [0.3, 0.4) is 0 Å². The lowest BCUT2D eigenvalue weighted by atomic mass is 9.95. The van der Waals surface area contributed by atoms with Crippen molar-refractivity contribution in [2.75, 3.05) is 24.3 Å². The van der Waals surface area contributed by atoms with Crippen molar-refractivity contribution in [3.05, 3.63) is 36.2 Å². The Bertz CT molecular complexity index is 1130. The molecule has 8 heteroatoms. The van der Waals surface area contributed by atoms with E-state index in [0.29, 0.717) is 17.6 Å². The SMILES string of the molecule is COc1cc(C2=CCN=CC2)ccc1Nc1nc(NC2CCCCC2)c2nc[nH]c2n1. The number of dihydropyridines is 1. The van der Waals surface area contributed by atoms with Crippen LogP contribution in [0.25, 0.3) is 16.7 Å². The lowest BCUT2D eigenvalue weighted by Gasteiger charge is -2.23. The molecule has 2 aliphatic rings. The Kier molecular flexibility index (Phi) is 5.52. The second kappa shape index (κ2) is 8.75. The van der Waals surface area contributed by atoms with E-state index in [2.05, 4.69) is 42.7 Å². The van der Waals surface area contributed by atoms with Crippen LogP contribution in [0.5, 0.6) is 5.75 Å². The Labute approximate surface area is 181 Å². The van der Waals surface area contributed by atoms with E-state index in [1.165, 1.54) is 24.8 Å². The van der Waals surface area contributed by atoms with Crippen LogP contribution in [0, 0.1) is 0 Å². The van der Waals surface area contributed by atoms with E-state index in [1.54, 1.807) is 13.4 Å². The molecule has 0 unspecified atom stereocenters. The monoisotopic (exact) mass is 417 g/mol. The molecule has 1 aliphatic heterocycles. The summed E-state index contributed by atoms with van der Waals surface area (Å²) in [5.74, 6) is 2.02. The first kappa shape index (κ1) is 19.5. The molecule has 1 aliphatic carbocycles. The average molecular weight is 418 g/mol. The molecule has 5 rings (SSSR count). The van der Waals surface area contributed by atoms with Crippen LogP contribution in [0.4, 0.5) is 17.5 Å². The van der Waals surface area contributed by atoms with E-state index in [9.17, 15) is 0 Å². The summed E-state index contributed by atoms with van der Waals surface area (Å²) in [5.41, 5.74) is 4.69. The average Bonchev–Trinajstić information content (AvgIpc) is 3.30. The third kappa shape index (κ3) is 4.23. The maximum absolute atomic E-state index is 5.66. The number of nitrogens with zero attached hydrogens (tertiary/aromatic N) is 4. The summed E-state index contributed by atoms with van der Waals surface area (Å²) in [6, 6.07) is 6.57. The molecule has 0 atom stereocenters. The summed E-state index contributed by atoms with van der Waals surface area (Å²) >= 11 is 0. The topological polar surface area (TPSA) is 100 Å². The predicted octanol–water partition coefficient (Wildman–Crippen LogP) is 4.71. The van der Waals surface area contributed by atoms with Gasteiger partial charge in [0.15, 0.2) is 11.5 Å². The first-order valence-corrected chi connectivity index (χ1v) is 10.9. The van der Waals surface area contributed by atoms with Crippen LogP contribution in [0.2, 0.25) is 0 Å². The van der Waals surface area contributed by atoms with Gasteiger partial charge in [-0.3, -0.25) is 4.99 Å². The highest BCUT2D eigenvalue weighted by molar-refractivity contribution is 5.85. The van der Waals surface area contributed by atoms with E-state index in [0.717, 1.165) is 54.1 Å². The third-order valence-corrected chi connectivity index (χ3v) is 5.93. The highest BCUT2D eigenvalue weighted by Gasteiger charge is 2.18. The lowest BCUT2D eigenvalue weighted by Crippen LogP contribution is -2.23. The zero-order valence-corrected chi connectivity index (χ0v) is 17.7. The van der Waals surface area contributed by atoms with E-state index >= 15 is 0 Å². The number of methoxy groups -OCH3 is 1. The number of nitrogens with one attached hydrogen (secondary N) is 3. The summed E-state index contributed by atoms with van der Waals surface area (Å²) in [6.45, 7) is 0.729. The molecule has 1 saturated carbocycles. The first-order chi connectivity index (χ1) is 15.3. The third-order valence-electron chi connectivity index (χ3n) is 5.93. The fourth-order valence-electron chi connectivity index (χ4n) is 4.27. The van der Waals surface area contributed by atoms with Crippen molar-refractivity contribution in [1.29, 1.82) is 0 Å². The van der Waals surface area contributed by atoms with Gasteiger partial charge < -0.3 is 20.4 Å². The number of imidazole rings is 1. The molecule has 2 aromatic heterocycles. The molecular weight excluding hydrogens is 390 g/mol. The van der Waals surface area contributed by atoms with Gasteiger partial charge in [-0.05, 0) is 36.1 Å². The number of benzene rings is 1. The number of aromatic nitrogens is 4. The van der Waals surface area contributed by atoms with E-state index in [-0.39, 0.29) is 0 Å². The summed E-state index contributed by atoms with van der Waals surface area (Å²) in [5, 5.41) is 6.92. The Balaban J connectivity index is 1.42. The standard InChI is InChI=1S/C23H27N7O/c1-31-19-13-16(15-9-11-24-12-10-15)7-8-18(19)28-23-29-21-20(25-14-26-21)22(30-23)27-17-5-3-2-4-6-17/h7-9,12-14,17H,2-6,10-11H2,1H3,(H3,25,26,27,28,29,30). The Morgan fingerprint density at radius 2 is 2.03 bits per heavy atom. The van der Waals surface area contributed by atoms with Crippen LogP contribution in [0.1, 0.15) is 44.1 Å². The normalized spacial score (nSPS) is 16.9. The number of hydrogen-bond donors (Lipinski definition) is 3. The van der Waals surface area contributed by atoms with Crippen molar-refractivity contribution < 1.29 is 4.74 Å². The number of ether oxygens (including phenoxy) is 1. The van der Waals surface area contributed by atoms with Crippen LogP contribution < -0.4 is 15.4 Å². The zero-order chi connectivity index (χ0) is 21.0. The van der Waals surface area contributed by atoms with Gasteiger partial charge in [-0.15, -0.1) is 0 Å². The molecule has 3 aromatic rings. The maximum atomic E-state index is 5.66. The van der Waals surface area contributed by atoms with Crippen molar-refractivity contribution in [2.45, 2.75) is 44.6 Å². The van der Waals surface area contributed by atoms with Crippen LogP contribution in [0.15, 0.2) is 35.6 Å². The molecule has 0 amide bonds. The quantitative estimate of drug-likeness (QED) is 0.537. The van der Waals surface area contributed by atoms with Gasteiger partial charge in [-0.2, -0.15) is 9.97 Å². The number of H-pyrrole nitrogens is 1. The van der Waals surface area contributed by atoms with Crippen LogP contribution in [-0.2, 0) is 0 Å². The van der Waals surface area contributed by atoms with Gasteiger partial charge in [-0.25, -0.2) is 4.98 Å². The van der Waals surface area contributed by atoms with Gasteiger partial charge >= 0.3 is 0 Å². The summed E-state index contributed by atoms with van der Waals surface area (Å²) in [7, 11) is 1.68. The van der Waals surface area contributed by atoms with E-state index in [4.69, 9.17) is 9.72 Å². The number of hydrogen-bond acceptors (Lipinski definition) is 7. The Hall–Kier alpha value is -3.42. The fraction of sp³-hybridized carbons (Fsp3) is 0.391. The molecule has 0 saturated heterocycles. The largest absolute Gasteiger partial charge is 0.495 e. The highest BCUT2D eigenvalue weighted by atomic mass is 16.5. The minimum absolute atomic E-state index is 0.428. The van der Waals surface area contributed by atoms with Crippen molar-refractivity contribution in [3.63, 3.8) is 0 Å². The molecule has 1 fully saturated rings. The fourth-order valence-corrected chi connectivity index (χ4v) is 4.27. The van der Waals surface area contributed by atoms with E-state index in [1.807, 2.05) is 18.3 Å². The molecule has 160 valence electrons. The van der Waals surface area contributed by atoms with Crippen molar-refractivity contribution >= 4 is 40.4 Å². The number of aromatic amines is 1. The van der Waals surface area contributed by atoms with Crippen LogP contribution in [-0.4, -0.2) is 45.8 Å². The molecule has 3 heterocycles. The van der Waals surface area contributed by atoms with Gasteiger partial charge in [-0.1, -0.05) is 31.4 Å². The first-order valence-electron chi connectivity index (χ1n) is 10.9. The molecule has 0 radical (unpaired) electrons. The van der Waals surface area contributed by atoms with Gasteiger partial charge in [0.25, 0.3) is 0 Å². The molecule has 8 nitrogen and oxygen atoms in total. The Morgan fingerprint density at radius 1 is 1.13 bits per heavy atom. The van der Waals surface area contributed by atoms with Gasteiger partial charge in [0, 0.05) is 18.7 Å². The number of allylic oxidation sites excluding steroid dienone is 1. The van der Waals surface area contributed by atoms with E-state index < -0.39 is 0 Å². The number of rotatable bonds is 6. The second-order valence-electron chi connectivity index (χ2n) is 8.00. The zero-order valence-electron chi connectivity index (χ0n) is 17.7. The Morgan fingerprint density at radius 3 is 2.84 bits per heavy atom. The minimum Gasteiger partial charge on any atom is -0.495 e. The molecule has 3 N–H and O–H groups in total. The second-order valence-corrected chi connectivity index (χ2v) is 8.00. The van der Waals surface area contributed by atoms with Crippen molar-refractivity contribution in [3.8, 4) is 5.75 Å². The van der Waals surface area contributed by atoms with Crippen molar-refractivity contribution in [1.82, 2.24) is 19.9 Å². The molecule has 0 spiro atoms. The number of aliphatic imine (C=N–C) groups is 1. The predicted molar refractivity (Wildman–Crippen MR) is 124 cm³/mol. The smallest absolute Gasteiger partial charge is 0.231 e. The van der Waals surface area contributed by atoms with Gasteiger partial charge in [0.05, 0.1) is 25.7 Å². The van der Waals surface area contributed by atoms with Crippen molar-refractivity contribution in [2.24, 2.45) is 4.99 Å². The molecule has 0 bridgehead atoms. The number of fused-ring (bicyclic) bond motifs is 1. The summed E-state index contributed by atoms with van der Waals surface area (Å²) in [4.78, 5) is 21.1. The number of anilines is 3. The van der Waals surface area contributed by atoms with Crippen LogP contribution >= 0.6 is 0 Å². The summed E-state index contributed by atoms with van der Waals surface area (Å²) < 4.78 is 5.66. The summed E-state index contributed by atoms with van der Waals surface area (Å²) in [6.07, 6.45) is 12.8.